The van der Waals surface area contributed by atoms with E-state index < -0.39 is 5.97 Å². The first kappa shape index (κ1) is 19.1. The van der Waals surface area contributed by atoms with E-state index in [-0.39, 0.29) is 39.1 Å². The maximum Gasteiger partial charge on any atom is 0.405 e. The van der Waals surface area contributed by atoms with E-state index in [1.54, 1.807) is 4.90 Å². The summed E-state index contributed by atoms with van der Waals surface area (Å²) in [5, 5.41) is -0.108. The number of nitrogens with two attached hydrogens (primary N) is 1. The van der Waals surface area contributed by atoms with E-state index in [9.17, 15) is 9.59 Å². The Bertz CT molecular complexity index is 659. The molecule has 0 unspecified atom stereocenters. The van der Waals surface area contributed by atoms with Gasteiger partial charge in [-0.3, -0.25) is 4.79 Å². The van der Waals surface area contributed by atoms with E-state index in [0.717, 1.165) is 6.42 Å². The molecule has 1 saturated heterocycles. The second-order valence-corrected chi connectivity index (χ2v) is 7.31. The Hall–Kier alpha value is -1.24. The van der Waals surface area contributed by atoms with E-state index in [2.05, 4.69) is 18.8 Å². The van der Waals surface area contributed by atoms with Crippen LogP contribution in [-0.2, 0) is 9.53 Å². The number of halogens is 3. The molecular weight excluding hydrogens is 377 g/mol. The van der Waals surface area contributed by atoms with Crippen LogP contribution < -0.4 is 10.7 Å². The number of nitrogens with zero attached hydrogens (tertiary/aromatic N) is 1. The number of aromatic amines is 1. The number of hydrogen-bond donors (Lipinski definition) is 1. The maximum absolute atomic E-state index is 12.2. The number of amides is 1. The molecule has 0 aromatic carbocycles. The molecule has 9 heteroatoms. The van der Waals surface area contributed by atoms with Gasteiger partial charge >= 0.3 is 11.7 Å². The van der Waals surface area contributed by atoms with E-state index in [1.807, 2.05) is 0 Å². The van der Waals surface area contributed by atoms with Crippen molar-refractivity contribution in [2.24, 2.45) is 11.8 Å². The highest BCUT2D eigenvalue weighted by atomic mass is 35.5. The number of pyridine rings is 1. The minimum Gasteiger partial charge on any atom is -0.448 e. The number of hydrogen-bond acceptors (Lipinski definition) is 4. The van der Waals surface area contributed by atoms with Crippen LogP contribution in [0.1, 0.15) is 30.8 Å². The van der Waals surface area contributed by atoms with Gasteiger partial charge in [0, 0.05) is 13.1 Å². The number of carbonyl (C=O) groups excluding carboxylic acids is 2. The second kappa shape index (κ2) is 7.76. The minimum absolute atomic E-state index is 0.0191. The summed E-state index contributed by atoms with van der Waals surface area (Å²) in [5.41, 5.74) is 5.50. The fraction of sp³-hybridized carbons (Fsp3) is 0.533. The summed E-state index contributed by atoms with van der Waals surface area (Å²) < 4.78 is 5.04. The average Bonchev–Trinajstić information content (AvgIpc) is 2.52. The van der Waals surface area contributed by atoms with Crippen LogP contribution in [0, 0.1) is 11.8 Å². The van der Waals surface area contributed by atoms with Gasteiger partial charge in [0.1, 0.15) is 10.0 Å². The third-order valence-electron chi connectivity index (χ3n) is 3.87. The fourth-order valence-electron chi connectivity index (χ4n) is 2.87. The number of aromatic nitrogens is 1. The molecule has 3 N–H and O–H groups in total. The van der Waals surface area contributed by atoms with Gasteiger partial charge in [0.15, 0.2) is 6.61 Å². The van der Waals surface area contributed by atoms with Gasteiger partial charge in [0.05, 0.1) is 5.69 Å². The summed E-state index contributed by atoms with van der Waals surface area (Å²) in [6, 6.07) is 0. The van der Waals surface area contributed by atoms with Gasteiger partial charge in [-0.05, 0) is 29.9 Å². The Labute approximate surface area is 155 Å². The lowest BCUT2D eigenvalue weighted by Gasteiger charge is -2.34. The number of piperidine rings is 1. The number of nitrogens with one attached hydrogen (secondary N) is 1. The zero-order valence-electron chi connectivity index (χ0n) is 13.4. The van der Waals surface area contributed by atoms with Crippen molar-refractivity contribution in [2.75, 3.05) is 25.4 Å². The first-order chi connectivity index (χ1) is 11.2. The van der Waals surface area contributed by atoms with Crippen molar-refractivity contribution in [3.05, 3.63) is 20.9 Å². The molecule has 1 aliphatic heterocycles. The SMILES string of the molecule is C[C@@H]1C[C@@H](C)CN(C(=O)COC(=O)c2[nH+]c(Cl)c(Cl)c(N)c2Cl)C1. The molecular formula is C15H19Cl3N3O3+. The van der Waals surface area contributed by atoms with Gasteiger partial charge in [-0.15, -0.1) is 0 Å². The van der Waals surface area contributed by atoms with E-state index in [1.165, 1.54) is 0 Å². The van der Waals surface area contributed by atoms with Crippen molar-refractivity contribution in [3.8, 4) is 0 Å². The van der Waals surface area contributed by atoms with Gasteiger partial charge < -0.3 is 15.4 Å². The van der Waals surface area contributed by atoms with E-state index in [0.29, 0.717) is 24.9 Å². The summed E-state index contributed by atoms with van der Waals surface area (Å²) in [7, 11) is 0. The molecule has 0 bridgehead atoms. The van der Waals surface area contributed by atoms with Gasteiger partial charge in [0.25, 0.3) is 11.1 Å². The van der Waals surface area contributed by atoms with Crippen molar-refractivity contribution in [1.29, 1.82) is 0 Å². The third kappa shape index (κ3) is 4.23. The van der Waals surface area contributed by atoms with Crippen molar-refractivity contribution < 1.29 is 19.3 Å². The Morgan fingerprint density at radius 1 is 1.21 bits per heavy atom. The van der Waals surface area contributed by atoms with Crippen molar-refractivity contribution in [1.82, 2.24) is 4.90 Å². The van der Waals surface area contributed by atoms with Crippen LogP contribution in [0.2, 0.25) is 15.2 Å². The van der Waals surface area contributed by atoms with Gasteiger partial charge in [0.2, 0.25) is 0 Å². The number of esters is 1. The van der Waals surface area contributed by atoms with Crippen LogP contribution in [-0.4, -0.2) is 36.5 Å². The van der Waals surface area contributed by atoms with Crippen LogP contribution in [0.5, 0.6) is 0 Å². The monoisotopic (exact) mass is 394 g/mol. The molecule has 1 aromatic rings. The highest BCUT2D eigenvalue weighted by Gasteiger charge is 2.30. The standard InChI is InChI=1S/C15H18Cl3N3O3/c1-7-3-8(2)5-21(4-7)9(22)6-24-15(23)13-10(16)12(19)11(17)14(18)20-13/h7-8H,3-6H2,1-2H3,(H2,19,20)/p+1/t7-,8-/m1/s1. The molecule has 1 aromatic heterocycles. The van der Waals surface area contributed by atoms with Gasteiger partial charge in [-0.2, -0.15) is 4.98 Å². The molecule has 0 radical (unpaired) electrons. The molecule has 0 aliphatic carbocycles. The van der Waals surface area contributed by atoms with Crippen LogP contribution in [0.15, 0.2) is 0 Å². The largest absolute Gasteiger partial charge is 0.448 e. The zero-order valence-corrected chi connectivity index (χ0v) is 15.6. The Balaban J connectivity index is 2.02. The smallest absolute Gasteiger partial charge is 0.405 e. The molecule has 1 amide bonds. The number of carbonyl (C=O) groups is 2. The molecule has 0 saturated carbocycles. The molecule has 2 rings (SSSR count). The number of nitrogen functional groups attached to an aromatic ring is 1. The summed E-state index contributed by atoms with van der Waals surface area (Å²) >= 11 is 17.6. The van der Waals surface area contributed by atoms with Crippen LogP contribution in [0.4, 0.5) is 5.69 Å². The fourth-order valence-corrected chi connectivity index (χ4v) is 3.47. The number of anilines is 1. The van der Waals surface area contributed by atoms with Gasteiger partial charge in [-0.1, -0.05) is 37.0 Å². The predicted molar refractivity (Wildman–Crippen MR) is 92.2 cm³/mol. The number of likely N-dealkylation sites (tertiary alicyclic amines) is 1. The van der Waals surface area contributed by atoms with Crippen molar-refractivity contribution in [2.45, 2.75) is 20.3 Å². The average molecular weight is 396 g/mol. The molecule has 132 valence electrons. The Morgan fingerprint density at radius 3 is 2.38 bits per heavy atom. The normalized spacial score (nSPS) is 20.8. The van der Waals surface area contributed by atoms with Crippen molar-refractivity contribution in [3.63, 3.8) is 0 Å². The highest BCUT2D eigenvalue weighted by molar-refractivity contribution is 6.45. The summed E-state index contributed by atoms with van der Waals surface area (Å²) in [5.74, 6) is -0.222. The predicted octanol–water partition coefficient (Wildman–Crippen LogP) is 2.70. The molecule has 2 atom stereocenters. The zero-order chi connectivity index (χ0) is 18.0. The lowest BCUT2D eigenvalue weighted by molar-refractivity contribution is -0.380. The quantitative estimate of drug-likeness (QED) is 0.629. The summed E-state index contributed by atoms with van der Waals surface area (Å²) in [6.07, 6.45) is 1.08. The lowest BCUT2D eigenvalue weighted by Crippen LogP contribution is -2.44. The van der Waals surface area contributed by atoms with Crippen molar-refractivity contribution >= 4 is 52.4 Å². The molecule has 1 aliphatic rings. The van der Waals surface area contributed by atoms with Crippen LogP contribution in [0.25, 0.3) is 0 Å². The Morgan fingerprint density at radius 2 is 1.79 bits per heavy atom. The molecule has 1 fully saturated rings. The van der Waals surface area contributed by atoms with Crippen LogP contribution in [0.3, 0.4) is 0 Å². The second-order valence-electron chi connectivity index (χ2n) is 6.18. The maximum atomic E-state index is 12.2. The summed E-state index contributed by atoms with van der Waals surface area (Å²) in [6.45, 7) is 5.13. The number of ether oxygens (including phenoxy) is 1. The van der Waals surface area contributed by atoms with Crippen LogP contribution >= 0.6 is 34.8 Å². The Kier molecular flexibility index (Phi) is 6.17. The first-order valence-electron chi connectivity index (χ1n) is 7.50. The molecule has 24 heavy (non-hydrogen) atoms. The summed E-state index contributed by atoms with van der Waals surface area (Å²) in [4.78, 5) is 28.6. The minimum atomic E-state index is -0.822. The number of H-pyrrole nitrogens is 1. The van der Waals surface area contributed by atoms with E-state index in [4.69, 9.17) is 45.3 Å². The topological polar surface area (TPSA) is 86.8 Å². The van der Waals surface area contributed by atoms with Gasteiger partial charge in [-0.25, -0.2) is 4.79 Å². The molecule has 6 nitrogen and oxygen atoms in total. The molecule has 2 heterocycles. The first-order valence-corrected chi connectivity index (χ1v) is 8.64. The number of rotatable bonds is 3. The van der Waals surface area contributed by atoms with E-state index >= 15 is 0 Å². The highest BCUT2D eigenvalue weighted by Crippen LogP contribution is 2.32. The molecule has 0 spiro atoms. The lowest BCUT2D eigenvalue weighted by atomic mass is 9.92. The third-order valence-corrected chi connectivity index (χ3v) is 5.04.